The third-order valence-corrected chi connectivity index (χ3v) is 2.70. The highest BCUT2D eigenvalue weighted by Gasteiger charge is 2.17. The molecule has 0 bridgehead atoms. The van der Waals surface area contributed by atoms with E-state index in [0.29, 0.717) is 6.04 Å². The number of rotatable bonds is 4. The zero-order chi connectivity index (χ0) is 8.81. The summed E-state index contributed by atoms with van der Waals surface area (Å²) < 4.78 is 0. The molecule has 1 aliphatic rings. The van der Waals surface area contributed by atoms with Gasteiger partial charge in [-0.05, 0) is 12.8 Å². The van der Waals surface area contributed by atoms with Gasteiger partial charge in [-0.2, -0.15) is 0 Å². The molecule has 0 aromatic heterocycles. The summed E-state index contributed by atoms with van der Waals surface area (Å²) in [6.07, 6.45) is 5.25. The van der Waals surface area contributed by atoms with Crippen LogP contribution in [0.2, 0.25) is 0 Å². The van der Waals surface area contributed by atoms with E-state index in [1.807, 2.05) is 0 Å². The minimum atomic E-state index is 0.711. The van der Waals surface area contributed by atoms with Crippen LogP contribution in [-0.4, -0.2) is 25.2 Å². The quantitative estimate of drug-likeness (QED) is 0.668. The van der Waals surface area contributed by atoms with Gasteiger partial charge in [-0.25, -0.2) is 0 Å². The topological polar surface area (TPSA) is 24.1 Å². The molecule has 0 aliphatic carbocycles. The third kappa shape index (κ3) is 3.11. The van der Waals surface area contributed by atoms with Gasteiger partial charge in [0.25, 0.3) is 0 Å². The SMILES string of the molecule is CCCCC1CNC(CC)CN1. The molecule has 2 N–H and O–H groups in total. The summed E-state index contributed by atoms with van der Waals surface area (Å²) in [7, 11) is 0. The lowest BCUT2D eigenvalue weighted by atomic mass is 10.1. The van der Waals surface area contributed by atoms with Gasteiger partial charge in [-0.1, -0.05) is 26.7 Å². The molecular formula is C10H22N2. The highest BCUT2D eigenvalue weighted by molar-refractivity contribution is 4.81. The van der Waals surface area contributed by atoms with Crippen LogP contribution in [0.3, 0.4) is 0 Å². The minimum absolute atomic E-state index is 0.711. The average molecular weight is 170 g/mol. The summed E-state index contributed by atoms with van der Waals surface area (Å²) in [5.41, 5.74) is 0. The second-order valence-electron chi connectivity index (χ2n) is 3.76. The first-order valence-corrected chi connectivity index (χ1v) is 5.33. The first-order chi connectivity index (χ1) is 5.86. The zero-order valence-corrected chi connectivity index (χ0v) is 8.40. The predicted octanol–water partition coefficient (Wildman–Crippen LogP) is 1.52. The Morgan fingerprint density at radius 1 is 1.08 bits per heavy atom. The predicted molar refractivity (Wildman–Crippen MR) is 53.4 cm³/mol. The van der Waals surface area contributed by atoms with E-state index in [0.717, 1.165) is 12.6 Å². The van der Waals surface area contributed by atoms with Crippen molar-refractivity contribution in [2.24, 2.45) is 0 Å². The van der Waals surface area contributed by atoms with Crippen LogP contribution in [0.4, 0.5) is 0 Å². The summed E-state index contributed by atoms with van der Waals surface area (Å²) in [6.45, 7) is 6.82. The van der Waals surface area contributed by atoms with E-state index in [2.05, 4.69) is 24.5 Å². The second-order valence-corrected chi connectivity index (χ2v) is 3.76. The van der Waals surface area contributed by atoms with E-state index in [9.17, 15) is 0 Å². The largest absolute Gasteiger partial charge is 0.311 e. The van der Waals surface area contributed by atoms with E-state index in [4.69, 9.17) is 0 Å². The molecule has 0 amide bonds. The molecule has 0 saturated carbocycles. The van der Waals surface area contributed by atoms with Crippen molar-refractivity contribution in [2.45, 2.75) is 51.6 Å². The van der Waals surface area contributed by atoms with Crippen molar-refractivity contribution in [3.8, 4) is 0 Å². The van der Waals surface area contributed by atoms with Crippen LogP contribution < -0.4 is 10.6 Å². The molecule has 2 nitrogen and oxygen atoms in total. The molecule has 0 aromatic carbocycles. The van der Waals surface area contributed by atoms with Gasteiger partial charge >= 0.3 is 0 Å². The Bertz CT molecular complexity index is 106. The van der Waals surface area contributed by atoms with Crippen molar-refractivity contribution < 1.29 is 0 Å². The Morgan fingerprint density at radius 3 is 2.25 bits per heavy atom. The van der Waals surface area contributed by atoms with Gasteiger partial charge in [-0.3, -0.25) is 0 Å². The lowest BCUT2D eigenvalue weighted by Crippen LogP contribution is -2.53. The third-order valence-electron chi connectivity index (χ3n) is 2.70. The van der Waals surface area contributed by atoms with Crippen LogP contribution in [0.1, 0.15) is 39.5 Å². The minimum Gasteiger partial charge on any atom is -0.311 e. The molecule has 1 rings (SSSR count). The van der Waals surface area contributed by atoms with Gasteiger partial charge in [0.2, 0.25) is 0 Å². The van der Waals surface area contributed by atoms with Crippen LogP contribution in [-0.2, 0) is 0 Å². The molecule has 1 heterocycles. The van der Waals surface area contributed by atoms with Crippen molar-refractivity contribution in [3.63, 3.8) is 0 Å². The van der Waals surface area contributed by atoms with Crippen LogP contribution in [0, 0.1) is 0 Å². The highest BCUT2D eigenvalue weighted by Crippen LogP contribution is 2.04. The molecule has 0 spiro atoms. The van der Waals surface area contributed by atoms with E-state index in [-0.39, 0.29) is 0 Å². The molecule has 12 heavy (non-hydrogen) atoms. The molecule has 1 fully saturated rings. The average Bonchev–Trinajstić information content (AvgIpc) is 2.15. The number of hydrogen-bond acceptors (Lipinski definition) is 2. The lowest BCUT2D eigenvalue weighted by molar-refractivity contribution is 0.324. The summed E-state index contributed by atoms with van der Waals surface area (Å²) in [5, 5.41) is 7.16. The first kappa shape index (κ1) is 10.0. The Labute approximate surface area is 76.1 Å². The fourth-order valence-electron chi connectivity index (χ4n) is 1.71. The maximum absolute atomic E-state index is 3.59. The van der Waals surface area contributed by atoms with Crippen LogP contribution in [0.15, 0.2) is 0 Å². The number of piperazine rings is 1. The fourth-order valence-corrected chi connectivity index (χ4v) is 1.71. The van der Waals surface area contributed by atoms with Crippen molar-refractivity contribution in [1.29, 1.82) is 0 Å². The van der Waals surface area contributed by atoms with Crippen molar-refractivity contribution in [3.05, 3.63) is 0 Å². The van der Waals surface area contributed by atoms with Crippen LogP contribution in [0.25, 0.3) is 0 Å². The second kappa shape index (κ2) is 5.55. The number of hydrogen-bond donors (Lipinski definition) is 2. The van der Waals surface area contributed by atoms with E-state index in [1.165, 1.54) is 32.2 Å². The van der Waals surface area contributed by atoms with E-state index in [1.54, 1.807) is 0 Å². The van der Waals surface area contributed by atoms with Crippen LogP contribution in [0.5, 0.6) is 0 Å². The van der Waals surface area contributed by atoms with Gasteiger partial charge in [-0.15, -0.1) is 0 Å². The molecule has 72 valence electrons. The molecular weight excluding hydrogens is 148 g/mol. The molecule has 0 aromatic rings. The monoisotopic (exact) mass is 170 g/mol. The number of unbranched alkanes of at least 4 members (excludes halogenated alkanes) is 1. The molecule has 0 radical (unpaired) electrons. The summed E-state index contributed by atoms with van der Waals surface area (Å²) in [5.74, 6) is 0. The van der Waals surface area contributed by atoms with Crippen LogP contribution >= 0.6 is 0 Å². The van der Waals surface area contributed by atoms with E-state index < -0.39 is 0 Å². The lowest BCUT2D eigenvalue weighted by Gasteiger charge is -2.30. The zero-order valence-electron chi connectivity index (χ0n) is 8.40. The van der Waals surface area contributed by atoms with Crippen molar-refractivity contribution >= 4 is 0 Å². The van der Waals surface area contributed by atoms with Gasteiger partial charge in [0.05, 0.1) is 0 Å². The normalized spacial score (nSPS) is 30.5. The molecule has 2 atom stereocenters. The fraction of sp³-hybridized carbons (Fsp3) is 1.00. The molecule has 1 aliphatic heterocycles. The smallest absolute Gasteiger partial charge is 0.0193 e. The van der Waals surface area contributed by atoms with Gasteiger partial charge in [0, 0.05) is 25.2 Å². The number of nitrogens with one attached hydrogen (secondary N) is 2. The van der Waals surface area contributed by atoms with Gasteiger partial charge in [0.15, 0.2) is 0 Å². The highest BCUT2D eigenvalue weighted by atomic mass is 15.1. The van der Waals surface area contributed by atoms with Gasteiger partial charge < -0.3 is 10.6 Å². The van der Waals surface area contributed by atoms with Gasteiger partial charge in [0.1, 0.15) is 0 Å². The first-order valence-electron chi connectivity index (χ1n) is 5.33. The maximum Gasteiger partial charge on any atom is 0.0193 e. The maximum atomic E-state index is 3.59. The summed E-state index contributed by atoms with van der Waals surface area (Å²) in [4.78, 5) is 0. The molecule has 1 saturated heterocycles. The molecule has 2 unspecified atom stereocenters. The summed E-state index contributed by atoms with van der Waals surface area (Å²) in [6, 6.07) is 1.44. The Balaban J connectivity index is 2.09. The molecule has 2 heteroatoms. The van der Waals surface area contributed by atoms with Crippen molar-refractivity contribution in [1.82, 2.24) is 10.6 Å². The summed E-state index contributed by atoms with van der Waals surface area (Å²) >= 11 is 0. The standard InChI is InChI=1S/C10H22N2/c1-3-5-6-10-8-11-9(4-2)7-12-10/h9-12H,3-8H2,1-2H3. The van der Waals surface area contributed by atoms with E-state index >= 15 is 0 Å². The Hall–Kier alpha value is -0.0800. The Kier molecular flexibility index (Phi) is 4.62. The van der Waals surface area contributed by atoms with Crippen molar-refractivity contribution in [2.75, 3.05) is 13.1 Å². The Morgan fingerprint density at radius 2 is 1.75 bits per heavy atom.